The third kappa shape index (κ3) is 3.50. The zero-order valence-corrected chi connectivity index (χ0v) is 14.8. The van der Waals surface area contributed by atoms with Crippen LogP contribution in [0.15, 0.2) is 47.4 Å². The number of carbonyl (C=O) groups excluding carboxylic acids is 2. The fraction of sp³-hybridized carbons (Fsp3) is 0.111. The van der Waals surface area contributed by atoms with Crippen molar-refractivity contribution in [2.45, 2.75) is 6.92 Å². The number of para-hydroxylation sites is 1. The second kappa shape index (κ2) is 7.21. The molecular weight excluding hydrogens is 362 g/mol. The molecule has 1 heterocycles. The number of carbonyl (C=O) groups is 2. The van der Waals surface area contributed by atoms with Gasteiger partial charge in [-0.3, -0.25) is 9.59 Å². The van der Waals surface area contributed by atoms with Crippen molar-refractivity contribution >= 4 is 46.3 Å². The van der Waals surface area contributed by atoms with E-state index in [0.29, 0.717) is 17.9 Å². The lowest BCUT2D eigenvalue weighted by Crippen LogP contribution is -2.27. The Bertz CT molecular complexity index is 867. The number of hydrogen-bond acceptors (Lipinski definition) is 5. The quantitative estimate of drug-likeness (QED) is 0.785. The highest BCUT2D eigenvalue weighted by atomic mass is 35.5. The maximum absolute atomic E-state index is 12.6. The molecule has 2 aromatic rings. The normalized spacial score (nSPS) is 15.9. The summed E-state index contributed by atoms with van der Waals surface area (Å²) in [5.74, 6) is -0.329. The Balaban J connectivity index is 1.95. The van der Waals surface area contributed by atoms with Gasteiger partial charge in [0.05, 0.1) is 22.2 Å². The number of thioether (sulfide) groups is 1. The Morgan fingerprint density at radius 3 is 2.64 bits per heavy atom. The molecule has 0 saturated carbocycles. The van der Waals surface area contributed by atoms with E-state index in [1.54, 1.807) is 43.3 Å². The van der Waals surface area contributed by atoms with Crippen molar-refractivity contribution in [3.8, 4) is 11.5 Å². The van der Waals surface area contributed by atoms with Crippen molar-refractivity contribution in [1.29, 1.82) is 0 Å². The molecule has 1 fully saturated rings. The van der Waals surface area contributed by atoms with E-state index in [1.807, 2.05) is 6.07 Å². The number of phenolic OH excluding ortho intramolecular Hbond substituents is 1. The number of hydrogen-bond donors (Lipinski definition) is 1. The SMILES string of the molecule is CCOc1cc(/C=C2\SC(=O)N(c3ccccc3)C2=O)cc(Cl)c1O. The Morgan fingerprint density at radius 2 is 1.96 bits per heavy atom. The molecule has 0 spiro atoms. The molecular formula is C18H14ClNO4S. The second-order valence-electron chi connectivity index (χ2n) is 5.14. The molecule has 128 valence electrons. The monoisotopic (exact) mass is 375 g/mol. The zero-order chi connectivity index (χ0) is 18.0. The summed E-state index contributed by atoms with van der Waals surface area (Å²) in [4.78, 5) is 26.2. The number of amides is 2. The summed E-state index contributed by atoms with van der Waals surface area (Å²) in [5.41, 5.74) is 1.08. The van der Waals surface area contributed by atoms with Crippen LogP contribution >= 0.6 is 23.4 Å². The van der Waals surface area contributed by atoms with Gasteiger partial charge >= 0.3 is 0 Å². The molecule has 3 rings (SSSR count). The number of anilines is 1. The number of rotatable bonds is 4. The average Bonchev–Trinajstić information content (AvgIpc) is 2.87. The lowest BCUT2D eigenvalue weighted by Gasteiger charge is -2.11. The molecule has 0 unspecified atom stereocenters. The first-order chi connectivity index (χ1) is 12.0. The smallest absolute Gasteiger partial charge is 0.298 e. The van der Waals surface area contributed by atoms with E-state index in [1.165, 1.54) is 6.07 Å². The van der Waals surface area contributed by atoms with Crippen LogP contribution in [-0.2, 0) is 4.79 Å². The maximum atomic E-state index is 12.6. The molecule has 0 aliphatic carbocycles. The van der Waals surface area contributed by atoms with E-state index in [0.717, 1.165) is 16.7 Å². The molecule has 0 radical (unpaired) electrons. The van der Waals surface area contributed by atoms with E-state index in [2.05, 4.69) is 0 Å². The number of nitrogens with zero attached hydrogens (tertiary/aromatic N) is 1. The van der Waals surface area contributed by atoms with Gasteiger partial charge < -0.3 is 9.84 Å². The van der Waals surface area contributed by atoms with E-state index in [-0.39, 0.29) is 26.7 Å². The van der Waals surface area contributed by atoms with Gasteiger partial charge in [0.1, 0.15) is 0 Å². The molecule has 5 nitrogen and oxygen atoms in total. The summed E-state index contributed by atoms with van der Waals surface area (Å²) in [6.07, 6.45) is 1.56. The van der Waals surface area contributed by atoms with Crippen LogP contribution in [0.25, 0.3) is 6.08 Å². The van der Waals surface area contributed by atoms with Crippen LogP contribution in [-0.4, -0.2) is 22.9 Å². The van der Waals surface area contributed by atoms with Crippen LogP contribution in [0, 0.1) is 0 Å². The molecule has 1 N–H and O–H groups in total. The van der Waals surface area contributed by atoms with Crippen molar-refractivity contribution in [3.63, 3.8) is 0 Å². The fourth-order valence-electron chi connectivity index (χ4n) is 2.36. The topological polar surface area (TPSA) is 66.8 Å². The highest BCUT2D eigenvalue weighted by Crippen LogP contribution is 2.39. The van der Waals surface area contributed by atoms with Gasteiger partial charge in [0.2, 0.25) is 0 Å². The van der Waals surface area contributed by atoms with Crippen molar-refractivity contribution in [3.05, 3.63) is 58.0 Å². The van der Waals surface area contributed by atoms with E-state index in [4.69, 9.17) is 16.3 Å². The number of benzene rings is 2. The predicted molar refractivity (Wildman–Crippen MR) is 99.2 cm³/mol. The maximum Gasteiger partial charge on any atom is 0.298 e. The molecule has 0 bridgehead atoms. The Kier molecular flexibility index (Phi) is 5.01. The van der Waals surface area contributed by atoms with Gasteiger partial charge in [0, 0.05) is 0 Å². The first-order valence-electron chi connectivity index (χ1n) is 7.49. The summed E-state index contributed by atoms with van der Waals surface area (Å²) in [6.45, 7) is 2.14. The Morgan fingerprint density at radius 1 is 1.24 bits per heavy atom. The van der Waals surface area contributed by atoms with Gasteiger partial charge in [-0.05, 0) is 54.6 Å². The van der Waals surface area contributed by atoms with Crippen LogP contribution in [0.4, 0.5) is 10.5 Å². The lowest BCUT2D eigenvalue weighted by atomic mass is 10.1. The molecule has 2 amide bonds. The molecule has 0 aromatic heterocycles. The van der Waals surface area contributed by atoms with Crippen molar-refractivity contribution in [1.82, 2.24) is 0 Å². The first kappa shape index (κ1) is 17.4. The molecule has 1 aliphatic heterocycles. The van der Waals surface area contributed by atoms with E-state index < -0.39 is 5.91 Å². The number of ether oxygens (including phenoxy) is 1. The van der Waals surface area contributed by atoms with Gasteiger partial charge in [-0.1, -0.05) is 29.8 Å². The summed E-state index contributed by atoms with van der Waals surface area (Å²) in [7, 11) is 0. The second-order valence-corrected chi connectivity index (χ2v) is 6.54. The van der Waals surface area contributed by atoms with Crippen LogP contribution < -0.4 is 9.64 Å². The van der Waals surface area contributed by atoms with Gasteiger partial charge in [-0.2, -0.15) is 0 Å². The number of halogens is 1. The van der Waals surface area contributed by atoms with Crippen LogP contribution in [0.2, 0.25) is 5.02 Å². The molecule has 2 aromatic carbocycles. The third-order valence-electron chi connectivity index (χ3n) is 3.46. The molecule has 1 aliphatic rings. The van der Waals surface area contributed by atoms with E-state index >= 15 is 0 Å². The molecule has 0 atom stereocenters. The Labute approximate surface area is 153 Å². The summed E-state index contributed by atoms with van der Waals surface area (Å²) in [6, 6.07) is 11.8. The highest BCUT2D eigenvalue weighted by Gasteiger charge is 2.36. The molecule has 25 heavy (non-hydrogen) atoms. The van der Waals surface area contributed by atoms with Crippen LogP contribution in [0.3, 0.4) is 0 Å². The Hall–Kier alpha value is -2.44. The van der Waals surface area contributed by atoms with Gasteiger partial charge in [0.25, 0.3) is 11.1 Å². The van der Waals surface area contributed by atoms with Crippen LogP contribution in [0.1, 0.15) is 12.5 Å². The van der Waals surface area contributed by atoms with Gasteiger partial charge in [-0.15, -0.1) is 0 Å². The number of imide groups is 1. The minimum Gasteiger partial charge on any atom is -0.503 e. The minimum atomic E-state index is -0.400. The van der Waals surface area contributed by atoms with Gasteiger partial charge in [0.15, 0.2) is 11.5 Å². The van der Waals surface area contributed by atoms with Crippen molar-refractivity contribution in [2.75, 3.05) is 11.5 Å². The molecule has 1 saturated heterocycles. The fourth-order valence-corrected chi connectivity index (χ4v) is 3.42. The standard InChI is InChI=1S/C18H14ClNO4S/c1-2-24-14-9-11(8-13(19)16(14)21)10-15-17(22)20(18(23)25-15)12-6-4-3-5-7-12/h3-10,21H,2H2,1H3/b15-10-. The number of phenols is 1. The zero-order valence-electron chi connectivity index (χ0n) is 13.2. The minimum absolute atomic E-state index is 0.111. The summed E-state index contributed by atoms with van der Waals surface area (Å²) >= 11 is 6.85. The predicted octanol–water partition coefficient (Wildman–Crippen LogP) is 4.69. The first-order valence-corrected chi connectivity index (χ1v) is 8.69. The van der Waals surface area contributed by atoms with Crippen molar-refractivity contribution < 1.29 is 19.4 Å². The third-order valence-corrected chi connectivity index (χ3v) is 4.61. The average molecular weight is 376 g/mol. The van der Waals surface area contributed by atoms with Crippen LogP contribution in [0.5, 0.6) is 11.5 Å². The summed E-state index contributed by atoms with van der Waals surface area (Å²) in [5, 5.41) is 9.63. The molecule has 7 heteroatoms. The summed E-state index contributed by atoms with van der Waals surface area (Å²) < 4.78 is 5.33. The van der Waals surface area contributed by atoms with Gasteiger partial charge in [-0.25, -0.2) is 4.90 Å². The largest absolute Gasteiger partial charge is 0.503 e. The lowest BCUT2D eigenvalue weighted by molar-refractivity contribution is -0.113. The van der Waals surface area contributed by atoms with E-state index in [9.17, 15) is 14.7 Å². The number of aromatic hydroxyl groups is 1. The van der Waals surface area contributed by atoms with Crippen molar-refractivity contribution in [2.24, 2.45) is 0 Å². The highest BCUT2D eigenvalue weighted by molar-refractivity contribution is 8.19.